The Bertz CT molecular complexity index is 727. The Morgan fingerprint density at radius 2 is 2.04 bits per heavy atom. The van der Waals surface area contributed by atoms with Gasteiger partial charge in [0.1, 0.15) is 0 Å². The van der Waals surface area contributed by atoms with Crippen LogP contribution in [0.4, 0.5) is 5.69 Å². The maximum Gasteiger partial charge on any atom is 0.269 e. The molecule has 25 heavy (non-hydrogen) atoms. The molecule has 3 rings (SSSR count). The van der Waals surface area contributed by atoms with Crippen molar-refractivity contribution >= 4 is 5.69 Å². The average Bonchev–Trinajstić information content (AvgIpc) is 3.01. The summed E-state index contributed by atoms with van der Waals surface area (Å²) >= 11 is 0. The van der Waals surface area contributed by atoms with Gasteiger partial charge in [-0.25, -0.2) is 0 Å². The number of nitro groups is 1. The van der Waals surface area contributed by atoms with E-state index in [0.717, 1.165) is 26.2 Å². The summed E-state index contributed by atoms with van der Waals surface area (Å²) in [6.45, 7) is 6.15. The number of nitrogens with zero attached hydrogens (tertiary/aromatic N) is 5. The number of aliphatic hydroxyl groups excluding tert-OH is 1. The number of nitro benzene ring substituents is 1. The molecule has 1 unspecified atom stereocenters. The highest BCUT2D eigenvalue weighted by Gasteiger charge is 2.22. The van der Waals surface area contributed by atoms with Crippen molar-refractivity contribution in [2.24, 2.45) is 0 Å². The molecule has 134 valence electrons. The fourth-order valence-corrected chi connectivity index (χ4v) is 2.92. The largest absolute Gasteiger partial charge is 0.387 e. The van der Waals surface area contributed by atoms with Crippen molar-refractivity contribution in [3.05, 3.63) is 51.7 Å². The first-order chi connectivity index (χ1) is 12.0. The minimum Gasteiger partial charge on any atom is -0.387 e. The van der Waals surface area contributed by atoms with Gasteiger partial charge in [0.15, 0.2) is 5.82 Å². The maximum atomic E-state index is 10.8. The lowest BCUT2D eigenvalue weighted by molar-refractivity contribution is -0.385. The van der Waals surface area contributed by atoms with Gasteiger partial charge in [0, 0.05) is 44.9 Å². The van der Waals surface area contributed by atoms with Crippen LogP contribution in [0.15, 0.2) is 28.8 Å². The summed E-state index contributed by atoms with van der Waals surface area (Å²) in [6.07, 6.45) is -0.745. The van der Waals surface area contributed by atoms with Gasteiger partial charge in [0.25, 0.3) is 5.69 Å². The second kappa shape index (κ2) is 7.68. The van der Waals surface area contributed by atoms with Gasteiger partial charge in [-0.3, -0.25) is 19.9 Å². The molecule has 0 radical (unpaired) electrons. The second-order valence-electron chi connectivity index (χ2n) is 6.18. The molecule has 1 aliphatic rings. The minimum absolute atomic E-state index is 0.00350. The monoisotopic (exact) mass is 347 g/mol. The fourth-order valence-electron chi connectivity index (χ4n) is 2.92. The van der Waals surface area contributed by atoms with E-state index in [1.54, 1.807) is 19.1 Å². The van der Waals surface area contributed by atoms with Crippen molar-refractivity contribution < 1.29 is 14.6 Å². The van der Waals surface area contributed by atoms with Crippen LogP contribution in [0.25, 0.3) is 0 Å². The van der Waals surface area contributed by atoms with E-state index in [4.69, 9.17) is 4.52 Å². The third-order valence-corrected chi connectivity index (χ3v) is 4.29. The second-order valence-corrected chi connectivity index (χ2v) is 6.18. The van der Waals surface area contributed by atoms with Crippen molar-refractivity contribution in [2.75, 3.05) is 32.7 Å². The van der Waals surface area contributed by atoms with Gasteiger partial charge in [-0.1, -0.05) is 17.3 Å². The molecule has 9 nitrogen and oxygen atoms in total. The van der Waals surface area contributed by atoms with Gasteiger partial charge >= 0.3 is 0 Å². The Morgan fingerprint density at radius 1 is 1.32 bits per heavy atom. The number of hydrogen-bond donors (Lipinski definition) is 1. The van der Waals surface area contributed by atoms with Crippen LogP contribution >= 0.6 is 0 Å². The van der Waals surface area contributed by atoms with E-state index in [1.807, 2.05) is 0 Å². The molecular weight excluding hydrogens is 326 g/mol. The molecule has 1 saturated heterocycles. The number of hydrogen-bond acceptors (Lipinski definition) is 8. The first kappa shape index (κ1) is 17.5. The molecule has 1 N–H and O–H groups in total. The molecule has 1 aliphatic heterocycles. The van der Waals surface area contributed by atoms with E-state index in [1.165, 1.54) is 12.1 Å². The Kier molecular flexibility index (Phi) is 5.37. The molecular formula is C16H21N5O4. The SMILES string of the molecule is Cc1noc(CN2CCN(CC(O)c3cccc([N+](=O)[O-])c3)CC2)n1. The van der Waals surface area contributed by atoms with Gasteiger partial charge in [-0.05, 0) is 12.5 Å². The Morgan fingerprint density at radius 3 is 2.68 bits per heavy atom. The molecule has 1 atom stereocenters. The molecule has 0 aliphatic carbocycles. The van der Waals surface area contributed by atoms with E-state index < -0.39 is 11.0 Å². The van der Waals surface area contributed by atoms with Crippen LogP contribution < -0.4 is 0 Å². The standard InChI is InChI=1S/C16H21N5O4/c1-12-17-16(25-18-12)11-20-7-5-19(6-8-20)10-15(22)13-3-2-4-14(9-13)21(23)24/h2-4,9,15,22H,5-8,10-11H2,1H3. The van der Waals surface area contributed by atoms with E-state index in [-0.39, 0.29) is 5.69 Å². The van der Waals surface area contributed by atoms with Crippen molar-refractivity contribution in [2.45, 2.75) is 19.6 Å². The minimum atomic E-state index is -0.745. The van der Waals surface area contributed by atoms with E-state index in [2.05, 4.69) is 19.9 Å². The summed E-state index contributed by atoms with van der Waals surface area (Å²) in [7, 11) is 0. The van der Waals surface area contributed by atoms with Crippen LogP contribution in [-0.4, -0.2) is 62.7 Å². The number of aryl methyl sites for hydroxylation is 1. The third-order valence-electron chi connectivity index (χ3n) is 4.29. The quantitative estimate of drug-likeness (QED) is 0.612. The highest BCUT2D eigenvalue weighted by molar-refractivity contribution is 5.35. The average molecular weight is 347 g/mol. The number of aliphatic hydroxyl groups is 1. The van der Waals surface area contributed by atoms with Crippen LogP contribution in [0, 0.1) is 17.0 Å². The van der Waals surface area contributed by atoms with Crippen molar-refractivity contribution in [1.82, 2.24) is 19.9 Å². The molecule has 0 amide bonds. The zero-order chi connectivity index (χ0) is 17.8. The van der Waals surface area contributed by atoms with Gasteiger partial charge in [-0.15, -0.1) is 0 Å². The first-order valence-corrected chi connectivity index (χ1v) is 8.17. The number of rotatable bonds is 6. The topological polar surface area (TPSA) is 109 Å². The van der Waals surface area contributed by atoms with Gasteiger partial charge < -0.3 is 9.63 Å². The Balaban J connectivity index is 1.50. The summed E-state index contributed by atoms with van der Waals surface area (Å²) in [4.78, 5) is 19.0. The summed E-state index contributed by atoms with van der Waals surface area (Å²) in [5.41, 5.74) is 0.564. The number of piperazine rings is 1. The zero-order valence-corrected chi connectivity index (χ0v) is 14.0. The fraction of sp³-hybridized carbons (Fsp3) is 0.500. The molecule has 1 fully saturated rings. The van der Waals surface area contributed by atoms with Crippen LogP contribution in [0.5, 0.6) is 0 Å². The van der Waals surface area contributed by atoms with Crippen LogP contribution in [0.3, 0.4) is 0 Å². The van der Waals surface area contributed by atoms with Crippen molar-refractivity contribution in [3.63, 3.8) is 0 Å². The summed E-state index contributed by atoms with van der Waals surface area (Å²) < 4.78 is 5.14. The lowest BCUT2D eigenvalue weighted by atomic mass is 10.1. The van der Waals surface area contributed by atoms with E-state index >= 15 is 0 Å². The predicted octanol–water partition coefficient (Wildman–Crippen LogP) is 1.14. The zero-order valence-electron chi connectivity index (χ0n) is 14.0. The number of benzene rings is 1. The molecule has 0 bridgehead atoms. The Hall–Kier alpha value is -2.36. The van der Waals surface area contributed by atoms with Crippen molar-refractivity contribution in [1.29, 1.82) is 0 Å². The highest BCUT2D eigenvalue weighted by atomic mass is 16.6. The normalized spacial score (nSPS) is 17.5. The smallest absolute Gasteiger partial charge is 0.269 e. The summed E-state index contributed by atoms with van der Waals surface area (Å²) in [6, 6.07) is 6.17. The van der Waals surface area contributed by atoms with Crippen LogP contribution in [0.2, 0.25) is 0 Å². The predicted molar refractivity (Wildman–Crippen MR) is 88.8 cm³/mol. The third kappa shape index (κ3) is 4.59. The number of β-amino-alcohol motifs (C(OH)–C–C–N with tert-alkyl or cyclic N) is 1. The van der Waals surface area contributed by atoms with Crippen LogP contribution in [0.1, 0.15) is 23.4 Å². The van der Waals surface area contributed by atoms with Gasteiger partial charge in [0.2, 0.25) is 5.89 Å². The Labute approximate surface area is 145 Å². The maximum absolute atomic E-state index is 10.8. The van der Waals surface area contributed by atoms with Crippen LogP contribution in [-0.2, 0) is 6.54 Å². The number of non-ortho nitro benzene ring substituents is 1. The molecule has 9 heteroatoms. The molecule has 1 aromatic carbocycles. The molecule has 2 aromatic rings. The lowest BCUT2D eigenvalue weighted by Gasteiger charge is -2.34. The lowest BCUT2D eigenvalue weighted by Crippen LogP contribution is -2.47. The summed E-state index contributed by atoms with van der Waals surface area (Å²) in [5.74, 6) is 1.25. The molecule has 1 aromatic heterocycles. The first-order valence-electron chi connectivity index (χ1n) is 8.17. The molecule has 0 saturated carbocycles. The van der Waals surface area contributed by atoms with Gasteiger partial charge in [-0.2, -0.15) is 4.98 Å². The van der Waals surface area contributed by atoms with E-state index in [9.17, 15) is 15.2 Å². The molecule has 2 heterocycles. The summed E-state index contributed by atoms with van der Waals surface area (Å²) in [5, 5.41) is 25.0. The van der Waals surface area contributed by atoms with E-state index in [0.29, 0.717) is 30.4 Å². The van der Waals surface area contributed by atoms with Gasteiger partial charge in [0.05, 0.1) is 17.6 Å². The number of aromatic nitrogens is 2. The molecule has 0 spiro atoms. The van der Waals surface area contributed by atoms with Crippen molar-refractivity contribution in [3.8, 4) is 0 Å². The highest BCUT2D eigenvalue weighted by Crippen LogP contribution is 2.20.